The van der Waals surface area contributed by atoms with Crippen molar-refractivity contribution in [3.63, 3.8) is 0 Å². The largest absolute Gasteiger partial charge is 0.496 e. The Morgan fingerprint density at radius 1 is 0.440 bits per heavy atom. The van der Waals surface area contributed by atoms with Crippen LogP contribution in [0.5, 0.6) is 11.5 Å². The number of methoxy groups -OCH3 is 1. The molecule has 6 aliphatic heterocycles. The molecule has 12 heterocycles. The van der Waals surface area contributed by atoms with E-state index in [4.69, 9.17) is 9.47 Å². The van der Waals surface area contributed by atoms with Gasteiger partial charge in [0.15, 0.2) is 28.7 Å². The maximum absolute atomic E-state index is 14.9. The lowest BCUT2D eigenvalue weighted by molar-refractivity contribution is -0.142. The van der Waals surface area contributed by atoms with Crippen LogP contribution in [0.1, 0.15) is 130 Å². The third-order valence-electron chi connectivity index (χ3n) is 19.7. The van der Waals surface area contributed by atoms with Gasteiger partial charge in [-0.15, -0.1) is 0 Å². The Bertz CT molecular complexity index is 4430. The minimum absolute atomic E-state index is 0.0000348. The summed E-state index contributed by atoms with van der Waals surface area (Å²) >= 11 is 0. The highest BCUT2D eigenvalue weighted by atomic mass is 19.4. The highest BCUT2D eigenvalue weighted by Gasteiger charge is 2.52. The van der Waals surface area contributed by atoms with Gasteiger partial charge in [0.2, 0.25) is 0 Å². The number of pyridine rings is 1. The maximum atomic E-state index is 14.9. The highest BCUT2D eigenvalue weighted by molar-refractivity contribution is 6.08. The third-order valence-corrected chi connectivity index (χ3v) is 19.7. The van der Waals surface area contributed by atoms with Crippen molar-refractivity contribution in [3.05, 3.63) is 198 Å². The Kier molecular flexibility index (Phi) is 19.3. The normalized spacial score (nSPS) is 22.0. The van der Waals surface area contributed by atoms with E-state index < -0.39 is 47.3 Å². The number of rotatable bonds is 14. The number of amides is 3. The molecule has 0 N–H and O–H groups in total. The predicted molar refractivity (Wildman–Crippen MR) is 340 cm³/mol. The summed E-state index contributed by atoms with van der Waals surface area (Å²) in [7, 11) is 1.52. The fraction of sp³-hybridized carbons (Fsp3) is 0.380. The van der Waals surface area contributed by atoms with Gasteiger partial charge in [0.25, 0.3) is 17.7 Å². The number of hydrogen-bond acceptors (Lipinski definition) is 16. The minimum Gasteiger partial charge on any atom is -0.496 e. The Labute approximate surface area is 566 Å². The molecule has 0 spiro atoms. The van der Waals surface area contributed by atoms with Gasteiger partial charge in [-0.1, -0.05) is 30.3 Å². The Balaban J connectivity index is 0.000000134. The average Bonchev–Trinajstić information content (AvgIpc) is 1.60. The molecule has 9 atom stereocenters. The maximum Gasteiger partial charge on any atom is 0.434 e. The summed E-state index contributed by atoms with van der Waals surface area (Å²) in [6, 6.07) is 20.4. The van der Waals surface area contributed by atoms with Gasteiger partial charge in [0.05, 0.1) is 66.0 Å². The second kappa shape index (κ2) is 28.2. The van der Waals surface area contributed by atoms with E-state index in [0.29, 0.717) is 94.5 Å². The van der Waals surface area contributed by atoms with Crippen LogP contribution < -0.4 is 9.47 Å². The van der Waals surface area contributed by atoms with Crippen molar-refractivity contribution in [1.82, 2.24) is 69.5 Å². The molecule has 0 radical (unpaired) electrons. The van der Waals surface area contributed by atoms with E-state index in [1.54, 1.807) is 59.9 Å². The molecule has 15 rings (SSSR count). The van der Waals surface area contributed by atoms with Crippen LogP contribution in [0.15, 0.2) is 141 Å². The van der Waals surface area contributed by atoms with Gasteiger partial charge in [-0.3, -0.25) is 34.3 Å². The van der Waals surface area contributed by atoms with Crippen molar-refractivity contribution in [3.8, 4) is 34.3 Å². The number of carbonyl (C=O) groups is 3. The van der Waals surface area contributed by atoms with Crippen molar-refractivity contribution in [2.75, 3.05) is 13.7 Å². The van der Waals surface area contributed by atoms with Crippen LogP contribution in [-0.4, -0.2) is 137 Å². The van der Waals surface area contributed by atoms with Gasteiger partial charge in [0, 0.05) is 102 Å². The number of nitrogens with zero attached hydrogens (tertiary/aromatic N) is 14. The topological polar surface area (TPSA) is 221 Å². The molecular weight excluding hydrogens is 1320 g/mol. The van der Waals surface area contributed by atoms with E-state index in [1.807, 2.05) is 41.0 Å². The standard InChI is InChI=1S/C24H22F3N5O2.C24H23F3N4O2.C23H19F4N5O/c1-34-19-5-2-4-17(22-28-8-3-9-29-22)21(19)23(33)32-16-6-7-18(32)14(11-16)10-15-12-31-20(13-30-15)24(25,26)27;1-2-33-19-8-5-14-4-3-9-28-22(14)21(19)23(32)31-17-6-7-18(31)15(11-17)10-16-12-30-20(13-29-16)24(25,26)27;24-17-4-1-3-16(21-28-7-2-8-29-21)20(17)22(33)32-15-5-6-18(32)13(10-15)9-14-11-31-19(12-30-14)23(25,26)27/h2-5,8-9,12-14,16,18H,6-7,10-11H2,1H3;3-5,8-9,12-13,15,17-18H,2,6-7,10-11H2,1H3;1-4,7-8,11-13,15,18H,5-6,9-10H2. The lowest BCUT2D eigenvalue weighted by Crippen LogP contribution is -2.37. The van der Waals surface area contributed by atoms with E-state index in [2.05, 4.69) is 54.8 Å². The second-order valence-electron chi connectivity index (χ2n) is 25.4. The number of alkyl halides is 9. The monoisotopic (exact) mass is 1380 g/mol. The van der Waals surface area contributed by atoms with Gasteiger partial charge in [-0.2, -0.15) is 39.5 Å². The fourth-order valence-corrected chi connectivity index (χ4v) is 15.5. The summed E-state index contributed by atoms with van der Waals surface area (Å²) in [6.07, 6.45) is 8.86. The SMILES string of the molecule is CCOc1ccc2cccnc2c1C(=O)N1C2CCC1C(Cc1cnc(C(F)(F)F)cn1)C2.COc1cccc(-c2ncccn2)c1C(=O)N1C2CCC1C(Cc1cnc(C(F)(F)F)cn1)C2.O=C(c1c(F)cccc1-c1ncccn1)N1C2CCC1C(Cc1cnc(C(F)(F)F)cn1)C2. The molecule has 6 aliphatic rings. The first-order valence-electron chi connectivity index (χ1n) is 32.7. The van der Waals surface area contributed by atoms with Crippen LogP contribution in [0, 0.1) is 23.6 Å². The summed E-state index contributed by atoms with van der Waals surface area (Å²) in [5.41, 5.74) is 0.784. The Morgan fingerprint density at radius 3 is 1.26 bits per heavy atom. The van der Waals surface area contributed by atoms with Crippen molar-refractivity contribution in [2.45, 2.75) is 139 Å². The van der Waals surface area contributed by atoms with E-state index in [9.17, 15) is 58.3 Å². The van der Waals surface area contributed by atoms with Crippen molar-refractivity contribution in [2.24, 2.45) is 17.8 Å². The van der Waals surface area contributed by atoms with Crippen LogP contribution in [0.2, 0.25) is 0 Å². The lowest BCUT2D eigenvalue weighted by atomic mass is 9.86. The molecule has 9 aromatic rings. The summed E-state index contributed by atoms with van der Waals surface area (Å²) in [5, 5.41) is 0.868. The van der Waals surface area contributed by atoms with E-state index in [-0.39, 0.29) is 77.2 Å². The van der Waals surface area contributed by atoms with E-state index in [1.165, 1.54) is 44.0 Å². The summed E-state index contributed by atoms with van der Waals surface area (Å²) in [6.45, 7) is 2.30. The molecule has 518 valence electrons. The molecule has 6 aromatic heterocycles. The number of carbonyl (C=O) groups excluding carboxylic acids is 3. The zero-order chi connectivity index (χ0) is 70.2. The van der Waals surface area contributed by atoms with Gasteiger partial charge in [-0.05, 0) is 144 Å². The molecule has 29 heteroatoms. The molecule has 0 saturated carbocycles. The van der Waals surface area contributed by atoms with Crippen LogP contribution in [-0.2, 0) is 37.8 Å². The average molecular weight is 1380 g/mol. The van der Waals surface area contributed by atoms with Crippen molar-refractivity contribution in [1.29, 1.82) is 0 Å². The van der Waals surface area contributed by atoms with Gasteiger partial charge in [-0.25, -0.2) is 39.3 Å². The molecule has 0 aliphatic carbocycles. The predicted octanol–water partition coefficient (Wildman–Crippen LogP) is 13.2. The molecule has 6 bridgehead atoms. The zero-order valence-electron chi connectivity index (χ0n) is 53.7. The molecular formula is C71H64F10N14O5. The minimum atomic E-state index is -4.54. The van der Waals surface area contributed by atoms with Crippen molar-refractivity contribution >= 4 is 28.6 Å². The second-order valence-corrected chi connectivity index (χ2v) is 25.4. The molecule has 3 amide bonds. The van der Waals surface area contributed by atoms with Crippen LogP contribution in [0.25, 0.3) is 33.7 Å². The highest BCUT2D eigenvalue weighted by Crippen LogP contribution is 2.49. The number of fused-ring (bicyclic) bond motifs is 7. The van der Waals surface area contributed by atoms with E-state index in [0.717, 1.165) is 81.5 Å². The fourth-order valence-electron chi connectivity index (χ4n) is 15.5. The molecule has 6 fully saturated rings. The summed E-state index contributed by atoms with van der Waals surface area (Å²) in [4.78, 5) is 90.7. The zero-order valence-corrected chi connectivity index (χ0v) is 53.7. The van der Waals surface area contributed by atoms with E-state index >= 15 is 0 Å². The van der Waals surface area contributed by atoms with Crippen LogP contribution in [0.4, 0.5) is 43.9 Å². The third kappa shape index (κ3) is 13.9. The lowest BCUT2D eigenvalue weighted by Gasteiger charge is -2.26. The van der Waals surface area contributed by atoms with Crippen LogP contribution >= 0.6 is 0 Å². The van der Waals surface area contributed by atoms with Gasteiger partial charge < -0.3 is 24.2 Å². The number of ether oxygens (including phenoxy) is 2. The molecule has 19 nitrogen and oxygen atoms in total. The van der Waals surface area contributed by atoms with Crippen molar-refractivity contribution < 1.29 is 67.8 Å². The van der Waals surface area contributed by atoms with Gasteiger partial charge in [0.1, 0.15) is 22.9 Å². The first-order valence-corrected chi connectivity index (χ1v) is 32.7. The number of benzene rings is 3. The summed E-state index contributed by atoms with van der Waals surface area (Å²) < 4.78 is 141. The van der Waals surface area contributed by atoms with Gasteiger partial charge >= 0.3 is 18.5 Å². The number of hydrogen-bond donors (Lipinski definition) is 0. The first-order chi connectivity index (χ1) is 48.1. The quantitative estimate of drug-likeness (QED) is 0.0924. The molecule has 9 unspecified atom stereocenters. The molecule has 6 saturated heterocycles. The number of halogens is 10. The summed E-state index contributed by atoms with van der Waals surface area (Å²) in [5.74, 6) is 0.613. The smallest absolute Gasteiger partial charge is 0.434 e. The Morgan fingerprint density at radius 2 is 0.850 bits per heavy atom. The molecule has 100 heavy (non-hydrogen) atoms. The number of aromatic nitrogens is 11. The first kappa shape index (κ1) is 68.3. The van der Waals surface area contributed by atoms with Crippen LogP contribution in [0.3, 0.4) is 0 Å². The Hall–Kier alpha value is -10.2. The molecule has 3 aromatic carbocycles.